The van der Waals surface area contributed by atoms with E-state index in [1.807, 2.05) is 0 Å². The van der Waals surface area contributed by atoms with Crippen molar-refractivity contribution in [3.63, 3.8) is 0 Å². The van der Waals surface area contributed by atoms with Crippen molar-refractivity contribution in [1.29, 1.82) is 0 Å². The number of ether oxygens (including phenoxy) is 1. The molecule has 2 nitrogen and oxygen atoms in total. The molecule has 3 fully saturated rings. The van der Waals surface area contributed by atoms with Crippen LogP contribution < -0.4 is 5.73 Å². The van der Waals surface area contributed by atoms with Crippen LogP contribution in [0, 0.1) is 16.7 Å². The molecule has 3 aliphatic rings. The Labute approximate surface area is 79.8 Å². The van der Waals surface area contributed by atoms with E-state index in [0.29, 0.717) is 10.8 Å². The van der Waals surface area contributed by atoms with Gasteiger partial charge in [-0.05, 0) is 25.2 Å². The Balaban J connectivity index is 2.14. The van der Waals surface area contributed by atoms with Gasteiger partial charge in [-0.15, -0.1) is 0 Å². The van der Waals surface area contributed by atoms with Crippen LogP contribution in [0.3, 0.4) is 0 Å². The first-order valence-electron chi connectivity index (χ1n) is 5.42. The molecule has 3 rings (SSSR count). The Bertz CT molecular complexity index is 267. The predicted molar refractivity (Wildman–Crippen MR) is 51.3 cm³/mol. The standard InChI is InChI=1S/C11H19NO/c1-9-7-13-11(6-12)5-8(9)3-4-10(9,11)2/h8H,3-7,12H2,1-2H3/t8-,9-,10+,11-/m1/s1. The lowest BCUT2D eigenvalue weighted by molar-refractivity contribution is -0.0762. The van der Waals surface area contributed by atoms with E-state index in [0.717, 1.165) is 19.1 Å². The summed E-state index contributed by atoms with van der Waals surface area (Å²) in [5, 5.41) is 0. The molecule has 0 amide bonds. The van der Waals surface area contributed by atoms with Gasteiger partial charge in [-0.2, -0.15) is 0 Å². The molecule has 0 unspecified atom stereocenters. The van der Waals surface area contributed by atoms with E-state index in [4.69, 9.17) is 10.5 Å². The minimum atomic E-state index is 0.0463. The quantitative estimate of drug-likeness (QED) is 0.666. The van der Waals surface area contributed by atoms with E-state index in [1.165, 1.54) is 19.3 Å². The molecule has 74 valence electrons. The van der Waals surface area contributed by atoms with E-state index in [1.54, 1.807) is 0 Å². The highest BCUT2D eigenvalue weighted by atomic mass is 16.5. The van der Waals surface area contributed by atoms with Crippen molar-refractivity contribution in [2.75, 3.05) is 13.2 Å². The van der Waals surface area contributed by atoms with Crippen LogP contribution >= 0.6 is 0 Å². The van der Waals surface area contributed by atoms with E-state index < -0.39 is 0 Å². The van der Waals surface area contributed by atoms with E-state index in [9.17, 15) is 0 Å². The summed E-state index contributed by atoms with van der Waals surface area (Å²) in [6.45, 7) is 6.48. The number of rotatable bonds is 1. The van der Waals surface area contributed by atoms with Crippen LogP contribution in [0.5, 0.6) is 0 Å². The topological polar surface area (TPSA) is 35.2 Å². The highest BCUT2D eigenvalue weighted by Crippen LogP contribution is 2.74. The summed E-state index contributed by atoms with van der Waals surface area (Å²) in [5.74, 6) is 0.884. The van der Waals surface area contributed by atoms with Crippen LogP contribution in [0.15, 0.2) is 0 Å². The number of nitrogens with two attached hydrogens (primary N) is 1. The van der Waals surface area contributed by atoms with E-state index in [-0.39, 0.29) is 5.60 Å². The third kappa shape index (κ3) is 0.581. The van der Waals surface area contributed by atoms with Crippen molar-refractivity contribution in [3.8, 4) is 0 Å². The smallest absolute Gasteiger partial charge is 0.0866 e. The van der Waals surface area contributed by atoms with Gasteiger partial charge in [-0.3, -0.25) is 0 Å². The molecule has 1 heterocycles. The van der Waals surface area contributed by atoms with Gasteiger partial charge >= 0.3 is 0 Å². The molecule has 2 saturated carbocycles. The number of hydrogen-bond acceptors (Lipinski definition) is 2. The maximum atomic E-state index is 6.00. The molecule has 13 heavy (non-hydrogen) atoms. The van der Waals surface area contributed by atoms with Crippen LogP contribution in [0.2, 0.25) is 0 Å². The van der Waals surface area contributed by atoms with Crippen LogP contribution in [0.1, 0.15) is 33.1 Å². The van der Waals surface area contributed by atoms with Crippen molar-refractivity contribution in [3.05, 3.63) is 0 Å². The Kier molecular flexibility index (Phi) is 1.24. The maximum absolute atomic E-state index is 6.00. The molecule has 2 N–H and O–H groups in total. The molecule has 0 aromatic rings. The van der Waals surface area contributed by atoms with Gasteiger partial charge in [0.15, 0.2) is 0 Å². The third-order valence-electron chi connectivity index (χ3n) is 5.71. The van der Waals surface area contributed by atoms with Crippen molar-refractivity contribution in [2.45, 2.75) is 38.7 Å². The minimum absolute atomic E-state index is 0.0463. The second-order valence-corrected chi connectivity index (χ2v) is 5.68. The molecule has 0 aromatic carbocycles. The predicted octanol–water partition coefficient (Wildman–Crippen LogP) is 1.54. The molecule has 4 atom stereocenters. The Morgan fingerprint density at radius 3 is 2.69 bits per heavy atom. The minimum Gasteiger partial charge on any atom is -0.372 e. The lowest BCUT2D eigenvalue weighted by atomic mass is 9.66. The summed E-state index contributed by atoms with van der Waals surface area (Å²) in [5.41, 5.74) is 6.77. The lowest BCUT2D eigenvalue weighted by Gasteiger charge is -2.40. The molecule has 0 spiro atoms. The van der Waals surface area contributed by atoms with Gasteiger partial charge in [0.2, 0.25) is 0 Å². The molecular weight excluding hydrogens is 162 g/mol. The van der Waals surface area contributed by atoms with Crippen molar-refractivity contribution in [1.82, 2.24) is 0 Å². The summed E-state index contributed by atoms with van der Waals surface area (Å²) >= 11 is 0. The fourth-order valence-electron chi connectivity index (χ4n) is 4.37. The molecule has 1 aliphatic heterocycles. The summed E-state index contributed by atoms with van der Waals surface area (Å²) < 4.78 is 6.00. The molecule has 4 bridgehead atoms. The monoisotopic (exact) mass is 181 g/mol. The average Bonchev–Trinajstić information content (AvgIpc) is 2.58. The summed E-state index contributed by atoms with van der Waals surface area (Å²) in [7, 11) is 0. The molecule has 2 heteroatoms. The van der Waals surface area contributed by atoms with Gasteiger partial charge < -0.3 is 10.5 Å². The van der Waals surface area contributed by atoms with Crippen molar-refractivity contribution < 1.29 is 4.74 Å². The zero-order chi connectivity index (χ0) is 9.32. The fourth-order valence-corrected chi connectivity index (χ4v) is 4.37. The third-order valence-corrected chi connectivity index (χ3v) is 5.71. The number of hydrogen-bond donors (Lipinski definition) is 1. The zero-order valence-corrected chi connectivity index (χ0v) is 8.60. The van der Waals surface area contributed by atoms with Gasteiger partial charge in [0.05, 0.1) is 12.2 Å². The fraction of sp³-hybridized carbons (Fsp3) is 1.00. The normalized spacial score (nSPS) is 63.5. The second kappa shape index (κ2) is 1.96. The Morgan fingerprint density at radius 1 is 1.46 bits per heavy atom. The Morgan fingerprint density at radius 2 is 2.23 bits per heavy atom. The molecule has 1 saturated heterocycles. The van der Waals surface area contributed by atoms with Gasteiger partial charge in [-0.1, -0.05) is 13.8 Å². The first kappa shape index (κ1) is 8.25. The van der Waals surface area contributed by atoms with Gasteiger partial charge in [0, 0.05) is 17.4 Å². The van der Waals surface area contributed by atoms with Crippen LogP contribution in [-0.4, -0.2) is 18.8 Å². The summed E-state index contributed by atoms with van der Waals surface area (Å²) in [6, 6.07) is 0. The second-order valence-electron chi connectivity index (χ2n) is 5.68. The van der Waals surface area contributed by atoms with Gasteiger partial charge in [0.25, 0.3) is 0 Å². The largest absolute Gasteiger partial charge is 0.372 e. The van der Waals surface area contributed by atoms with Crippen molar-refractivity contribution >= 4 is 0 Å². The average molecular weight is 181 g/mol. The van der Waals surface area contributed by atoms with Gasteiger partial charge in [0.1, 0.15) is 0 Å². The lowest BCUT2D eigenvalue weighted by Crippen LogP contribution is -2.49. The van der Waals surface area contributed by atoms with Gasteiger partial charge in [-0.25, -0.2) is 0 Å². The molecule has 0 aromatic heterocycles. The van der Waals surface area contributed by atoms with Crippen LogP contribution in [0.25, 0.3) is 0 Å². The SMILES string of the molecule is C[C@@]12CC[C@@H]3C[C@]1(CN)OC[C@]32C. The molecule has 0 radical (unpaired) electrons. The molecule has 2 aliphatic carbocycles. The first-order valence-corrected chi connectivity index (χ1v) is 5.42. The van der Waals surface area contributed by atoms with E-state index in [2.05, 4.69) is 13.8 Å². The Hall–Kier alpha value is -0.0800. The summed E-state index contributed by atoms with van der Waals surface area (Å²) in [4.78, 5) is 0. The maximum Gasteiger partial charge on any atom is 0.0866 e. The highest BCUT2D eigenvalue weighted by molar-refractivity contribution is 5.24. The van der Waals surface area contributed by atoms with Crippen LogP contribution in [-0.2, 0) is 4.74 Å². The summed E-state index contributed by atoms with van der Waals surface area (Å²) in [6.07, 6.45) is 3.94. The van der Waals surface area contributed by atoms with Crippen LogP contribution in [0.4, 0.5) is 0 Å². The zero-order valence-electron chi connectivity index (χ0n) is 8.60. The highest BCUT2D eigenvalue weighted by Gasteiger charge is 2.75. The molecular formula is C11H19NO. The van der Waals surface area contributed by atoms with E-state index >= 15 is 0 Å². The first-order chi connectivity index (χ1) is 6.08. The van der Waals surface area contributed by atoms with Crippen molar-refractivity contribution in [2.24, 2.45) is 22.5 Å².